The summed E-state index contributed by atoms with van der Waals surface area (Å²) in [6.45, 7) is 3.85. The van der Waals surface area contributed by atoms with Gasteiger partial charge in [-0.2, -0.15) is 0 Å². The zero-order chi connectivity index (χ0) is 54.3. The SMILES string of the molecule is CCCCCCC/C=C\C/C=C\C/C=C\CCCCCCCCCCCCCCCCCCCCCCCCCCC(=O)NC(COC1OC(CO)C(O)C(O)C1O)C(O)CCCCCCCCCCCCCCC. The Balaban J connectivity index is 2.02. The Morgan fingerprint density at radius 1 is 0.453 bits per heavy atom. The molecule has 0 aromatic rings. The van der Waals surface area contributed by atoms with E-state index in [0.717, 1.165) is 51.4 Å². The molecule has 75 heavy (non-hydrogen) atoms. The molecular formula is C66H125NO8. The number of ether oxygens (including phenoxy) is 2. The van der Waals surface area contributed by atoms with Gasteiger partial charge in [-0.05, 0) is 51.4 Å². The number of nitrogens with one attached hydrogen (secondary N) is 1. The van der Waals surface area contributed by atoms with Crippen molar-refractivity contribution >= 4 is 5.91 Å². The van der Waals surface area contributed by atoms with E-state index < -0.39 is 49.5 Å². The third-order valence-corrected chi connectivity index (χ3v) is 15.7. The zero-order valence-electron chi connectivity index (χ0n) is 49.3. The van der Waals surface area contributed by atoms with E-state index in [2.05, 4.69) is 55.6 Å². The van der Waals surface area contributed by atoms with Crippen LogP contribution in [0, 0.1) is 0 Å². The second kappa shape index (κ2) is 55.7. The molecule has 0 radical (unpaired) electrons. The highest BCUT2D eigenvalue weighted by Gasteiger charge is 2.44. The molecule has 1 aliphatic heterocycles. The van der Waals surface area contributed by atoms with Crippen LogP contribution in [0.3, 0.4) is 0 Å². The highest BCUT2D eigenvalue weighted by atomic mass is 16.7. The minimum atomic E-state index is -1.55. The summed E-state index contributed by atoms with van der Waals surface area (Å²) in [6, 6.07) is -0.716. The molecule has 0 spiro atoms. The van der Waals surface area contributed by atoms with E-state index in [9.17, 15) is 30.3 Å². The van der Waals surface area contributed by atoms with Crippen molar-refractivity contribution in [3.63, 3.8) is 0 Å². The molecule has 0 saturated carbocycles. The van der Waals surface area contributed by atoms with E-state index in [1.54, 1.807) is 0 Å². The third kappa shape index (κ3) is 44.9. The van der Waals surface area contributed by atoms with Gasteiger partial charge in [0, 0.05) is 6.42 Å². The van der Waals surface area contributed by atoms with Gasteiger partial charge in [0.2, 0.25) is 5.91 Å². The van der Waals surface area contributed by atoms with Gasteiger partial charge in [0.05, 0.1) is 25.4 Å². The molecule has 0 aliphatic carbocycles. The van der Waals surface area contributed by atoms with Crippen LogP contribution in [0.25, 0.3) is 0 Å². The molecule has 7 atom stereocenters. The van der Waals surface area contributed by atoms with Crippen molar-refractivity contribution in [2.45, 2.75) is 365 Å². The fourth-order valence-electron chi connectivity index (χ4n) is 10.6. The van der Waals surface area contributed by atoms with Gasteiger partial charge in [0.25, 0.3) is 0 Å². The summed E-state index contributed by atoms with van der Waals surface area (Å²) in [4.78, 5) is 13.1. The van der Waals surface area contributed by atoms with Crippen LogP contribution in [0.4, 0.5) is 0 Å². The molecule has 1 heterocycles. The number of amides is 1. The van der Waals surface area contributed by atoms with E-state index in [1.807, 2.05) is 0 Å². The number of aliphatic hydroxyl groups excluding tert-OH is 5. The molecule has 0 aromatic carbocycles. The van der Waals surface area contributed by atoms with Crippen LogP contribution < -0.4 is 5.32 Å². The van der Waals surface area contributed by atoms with Crippen molar-refractivity contribution in [3.05, 3.63) is 36.5 Å². The number of allylic oxidation sites excluding steroid dienone is 6. The number of hydrogen-bond acceptors (Lipinski definition) is 8. The number of carbonyl (C=O) groups excluding carboxylic acids is 1. The number of carbonyl (C=O) groups is 1. The Hall–Kier alpha value is -1.59. The highest BCUT2D eigenvalue weighted by molar-refractivity contribution is 5.76. The Morgan fingerprint density at radius 2 is 0.787 bits per heavy atom. The molecule has 1 saturated heterocycles. The lowest BCUT2D eigenvalue weighted by atomic mass is 9.99. The van der Waals surface area contributed by atoms with E-state index in [-0.39, 0.29) is 12.5 Å². The average Bonchev–Trinajstić information content (AvgIpc) is 3.41. The minimum absolute atomic E-state index is 0.134. The summed E-state index contributed by atoms with van der Waals surface area (Å²) >= 11 is 0. The Labute approximate surface area is 463 Å². The first-order chi connectivity index (χ1) is 36.8. The third-order valence-electron chi connectivity index (χ3n) is 15.7. The summed E-state index contributed by atoms with van der Waals surface area (Å²) in [5.74, 6) is -0.139. The normalized spacial score (nSPS) is 19.1. The molecule has 0 bridgehead atoms. The molecule has 1 amide bonds. The van der Waals surface area contributed by atoms with Gasteiger partial charge in [-0.25, -0.2) is 0 Å². The average molecular weight is 1060 g/mol. The Bertz CT molecular complexity index is 1270. The summed E-state index contributed by atoms with van der Waals surface area (Å²) in [6.07, 6.45) is 66.5. The van der Waals surface area contributed by atoms with Crippen molar-refractivity contribution in [1.29, 1.82) is 0 Å². The zero-order valence-corrected chi connectivity index (χ0v) is 49.3. The maximum atomic E-state index is 13.1. The van der Waals surface area contributed by atoms with Crippen molar-refractivity contribution in [3.8, 4) is 0 Å². The molecule has 1 aliphatic rings. The van der Waals surface area contributed by atoms with Crippen molar-refractivity contribution in [1.82, 2.24) is 5.32 Å². The van der Waals surface area contributed by atoms with Crippen LogP contribution in [0.2, 0.25) is 0 Å². The summed E-state index contributed by atoms with van der Waals surface area (Å²) in [5, 5.41) is 54.6. The second-order valence-electron chi connectivity index (χ2n) is 22.9. The molecular weight excluding hydrogens is 935 g/mol. The quantitative estimate of drug-likeness (QED) is 0.0261. The minimum Gasteiger partial charge on any atom is -0.394 e. The number of aliphatic hydroxyl groups is 5. The van der Waals surface area contributed by atoms with Crippen LogP contribution in [0.5, 0.6) is 0 Å². The Kier molecular flexibility index (Phi) is 53.1. The van der Waals surface area contributed by atoms with Gasteiger partial charge in [-0.15, -0.1) is 0 Å². The highest BCUT2D eigenvalue weighted by Crippen LogP contribution is 2.24. The van der Waals surface area contributed by atoms with Crippen LogP contribution in [-0.2, 0) is 14.3 Å². The van der Waals surface area contributed by atoms with Crippen LogP contribution >= 0.6 is 0 Å². The number of hydrogen-bond donors (Lipinski definition) is 6. The molecule has 6 N–H and O–H groups in total. The monoisotopic (exact) mass is 1060 g/mol. The van der Waals surface area contributed by atoms with E-state index >= 15 is 0 Å². The van der Waals surface area contributed by atoms with E-state index in [4.69, 9.17) is 9.47 Å². The van der Waals surface area contributed by atoms with Crippen molar-refractivity contribution < 1.29 is 39.8 Å². The fraction of sp³-hybridized carbons (Fsp3) is 0.894. The smallest absolute Gasteiger partial charge is 0.220 e. The standard InChI is InChI=1S/C66H125NO8/c1-3-5-7-9-11-13-15-17-18-19-20-21-22-23-24-25-26-27-28-29-30-31-32-33-34-35-36-37-38-39-40-41-42-44-46-48-50-52-54-56-62(70)67-59(58-74-66-65(73)64(72)63(71)61(57-68)75-66)60(69)55-53-51-49-47-45-43-16-14-12-10-8-6-4-2/h15,17,19-20,22-23,59-61,63-66,68-69,71-73H,3-14,16,18,21,24-58H2,1-2H3,(H,67,70)/b17-15-,20-19-,23-22-. The summed E-state index contributed by atoms with van der Waals surface area (Å²) < 4.78 is 11.3. The lowest BCUT2D eigenvalue weighted by Gasteiger charge is -2.40. The molecule has 442 valence electrons. The van der Waals surface area contributed by atoms with Crippen LogP contribution in [0.15, 0.2) is 36.5 Å². The fourth-order valence-corrected chi connectivity index (χ4v) is 10.6. The molecule has 9 nitrogen and oxygen atoms in total. The lowest BCUT2D eigenvalue weighted by Crippen LogP contribution is -2.60. The van der Waals surface area contributed by atoms with Gasteiger partial charge in [-0.1, -0.05) is 301 Å². The lowest BCUT2D eigenvalue weighted by molar-refractivity contribution is -0.302. The second-order valence-corrected chi connectivity index (χ2v) is 22.9. The molecule has 9 heteroatoms. The summed E-state index contributed by atoms with van der Waals surface area (Å²) in [5.41, 5.74) is 0. The first kappa shape index (κ1) is 71.4. The van der Waals surface area contributed by atoms with Crippen molar-refractivity contribution in [2.24, 2.45) is 0 Å². The molecule has 7 unspecified atom stereocenters. The predicted octanol–water partition coefficient (Wildman–Crippen LogP) is 17.1. The first-order valence-electron chi connectivity index (χ1n) is 32.7. The molecule has 0 aromatic heterocycles. The van der Waals surface area contributed by atoms with Crippen LogP contribution in [-0.4, -0.2) is 87.5 Å². The molecule has 1 rings (SSSR count). The maximum Gasteiger partial charge on any atom is 0.220 e. The van der Waals surface area contributed by atoms with Gasteiger partial charge in [-0.3, -0.25) is 4.79 Å². The van der Waals surface area contributed by atoms with Crippen molar-refractivity contribution in [2.75, 3.05) is 13.2 Å². The van der Waals surface area contributed by atoms with Crippen LogP contribution in [0.1, 0.15) is 322 Å². The molecule has 1 fully saturated rings. The maximum absolute atomic E-state index is 13.1. The van der Waals surface area contributed by atoms with E-state index in [1.165, 1.54) is 244 Å². The largest absolute Gasteiger partial charge is 0.394 e. The number of unbranched alkanes of at least 4 members (excludes halogenated alkanes) is 41. The van der Waals surface area contributed by atoms with Gasteiger partial charge < -0.3 is 40.3 Å². The van der Waals surface area contributed by atoms with Gasteiger partial charge in [0.15, 0.2) is 6.29 Å². The summed E-state index contributed by atoms with van der Waals surface area (Å²) in [7, 11) is 0. The van der Waals surface area contributed by atoms with Gasteiger partial charge >= 0.3 is 0 Å². The number of rotatable bonds is 57. The Morgan fingerprint density at radius 3 is 1.16 bits per heavy atom. The topological polar surface area (TPSA) is 149 Å². The van der Waals surface area contributed by atoms with Gasteiger partial charge in [0.1, 0.15) is 24.4 Å². The first-order valence-corrected chi connectivity index (χ1v) is 32.7. The van der Waals surface area contributed by atoms with E-state index in [0.29, 0.717) is 12.8 Å². The predicted molar refractivity (Wildman–Crippen MR) is 318 cm³/mol.